The molecule has 0 atom stereocenters. The zero-order valence-electron chi connectivity index (χ0n) is 21.3. The molecule has 2 aromatic rings. The molecule has 0 bridgehead atoms. The molecular formula is C26H33F2N5O4. The number of nitrogens with zero attached hydrogens (tertiary/aromatic N) is 2. The van der Waals surface area contributed by atoms with Gasteiger partial charge in [0.05, 0.1) is 17.8 Å². The highest BCUT2D eigenvalue weighted by molar-refractivity contribution is 5.96. The van der Waals surface area contributed by atoms with Crippen molar-refractivity contribution in [2.75, 3.05) is 31.5 Å². The number of nitrogens with one attached hydrogen (secondary N) is 3. The summed E-state index contributed by atoms with van der Waals surface area (Å²) in [7, 11) is 0. The molecule has 1 aromatic carbocycles. The minimum Gasteiger partial charge on any atom is -0.455 e. The Labute approximate surface area is 214 Å². The molecule has 2 heterocycles. The van der Waals surface area contributed by atoms with E-state index in [1.54, 1.807) is 12.1 Å². The van der Waals surface area contributed by atoms with Crippen molar-refractivity contribution in [3.63, 3.8) is 0 Å². The van der Waals surface area contributed by atoms with Crippen molar-refractivity contribution in [2.45, 2.75) is 58.2 Å². The zero-order valence-corrected chi connectivity index (χ0v) is 21.3. The molecular weight excluding hydrogens is 484 g/mol. The number of piperazine rings is 1. The van der Waals surface area contributed by atoms with Gasteiger partial charge >= 0.3 is 6.03 Å². The van der Waals surface area contributed by atoms with Crippen LogP contribution in [0.4, 0.5) is 19.3 Å². The molecule has 0 spiro atoms. The first-order chi connectivity index (χ1) is 17.5. The summed E-state index contributed by atoms with van der Waals surface area (Å²) in [6, 6.07) is 5.22. The largest absolute Gasteiger partial charge is 0.455 e. The van der Waals surface area contributed by atoms with Crippen molar-refractivity contribution in [3.05, 3.63) is 53.0 Å². The van der Waals surface area contributed by atoms with E-state index in [0.29, 0.717) is 38.5 Å². The minimum atomic E-state index is -1.29. The van der Waals surface area contributed by atoms with Crippen molar-refractivity contribution >= 4 is 23.5 Å². The van der Waals surface area contributed by atoms with Gasteiger partial charge in [-0.3, -0.25) is 14.5 Å². The molecule has 2 fully saturated rings. The number of benzene rings is 1. The number of anilines is 1. The summed E-state index contributed by atoms with van der Waals surface area (Å²) in [4.78, 5) is 40.7. The minimum absolute atomic E-state index is 0.0511. The maximum atomic E-state index is 14.7. The topological polar surface area (TPSA) is 107 Å². The summed E-state index contributed by atoms with van der Waals surface area (Å²) in [5.41, 5.74) is -1.07. The normalized spacial score (nSPS) is 16.7. The van der Waals surface area contributed by atoms with Crippen LogP contribution in [0.1, 0.15) is 66.7 Å². The highest BCUT2D eigenvalue weighted by Gasteiger charge is 2.28. The van der Waals surface area contributed by atoms with Crippen LogP contribution in [0, 0.1) is 11.6 Å². The second-order valence-electron chi connectivity index (χ2n) is 10.6. The Morgan fingerprint density at radius 1 is 1.00 bits per heavy atom. The van der Waals surface area contributed by atoms with Crippen LogP contribution in [-0.2, 0) is 6.54 Å². The van der Waals surface area contributed by atoms with Gasteiger partial charge in [0.15, 0.2) is 17.4 Å². The maximum absolute atomic E-state index is 14.7. The first kappa shape index (κ1) is 26.6. The fourth-order valence-electron chi connectivity index (χ4n) is 4.19. The van der Waals surface area contributed by atoms with Crippen LogP contribution in [0.25, 0.3) is 0 Å². The van der Waals surface area contributed by atoms with Gasteiger partial charge in [0, 0.05) is 37.8 Å². The molecule has 0 unspecified atom stereocenters. The lowest BCUT2D eigenvalue weighted by Gasteiger charge is -2.34. The first-order valence-electron chi connectivity index (χ1n) is 12.5. The van der Waals surface area contributed by atoms with Crippen molar-refractivity contribution < 1.29 is 27.6 Å². The lowest BCUT2D eigenvalue weighted by Crippen LogP contribution is -2.48. The molecule has 9 nitrogen and oxygen atoms in total. The van der Waals surface area contributed by atoms with Crippen molar-refractivity contribution in [1.82, 2.24) is 20.4 Å². The number of carbonyl (C=O) groups is 3. The molecule has 4 amide bonds. The molecule has 200 valence electrons. The van der Waals surface area contributed by atoms with Crippen LogP contribution < -0.4 is 16.0 Å². The van der Waals surface area contributed by atoms with Gasteiger partial charge in [-0.15, -0.1) is 0 Å². The van der Waals surface area contributed by atoms with Gasteiger partial charge < -0.3 is 25.3 Å². The zero-order chi connectivity index (χ0) is 26.7. The number of rotatable bonds is 6. The monoisotopic (exact) mass is 517 g/mol. The van der Waals surface area contributed by atoms with E-state index in [1.165, 1.54) is 17.0 Å². The third kappa shape index (κ3) is 6.65. The van der Waals surface area contributed by atoms with Crippen molar-refractivity contribution in [1.29, 1.82) is 0 Å². The summed E-state index contributed by atoms with van der Waals surface area (Å²) >= 11 is 0. The highest BCUT2D eigenvalue weighted by atomic mass is 19.2. The number of hydrogen-bond donors (Lipinski definition) is 3. The summed E-state index contributed by atoms with van der Waals surface area (Å²) in [6.07, 6.45) is 2.75. The molecule has 37 heavy (non-hydrogen) atoms. The van der Waals surface area contributed by atoms with Crippen molar-refractivity contribution in [3.8, 4) is 0 Å². The van der Waals surface area contributed by atoms with E-state index < -0.39 is 23.6 Å². The molecule has 4 rings (SSSR count). The molecule has 11 heteroatoms. The highest BCUT2D eigenvalue weighted by Crippen LogP contribution is 2.24. The van der Waals surface area contributed by atoms with Crippen LogP contribution in [0.15, 0.2) is 28.7 Å². The van der Waals surface area contributed by atoms with Crippen LogP contribution in [0.3, 0.4) is 0 Å². The predicted molar refractivity (Wildman–Crippen MR) is 133 cm³/mol. The Hall–Kier alpha value is -3.47. The van der Waals surface area contributed by atoms with Crippen LogP contribution in [0.2, 0.25) is 0 Å². The Kier molecular flexibility index (Phi) is 7.82. The molecule has 0 radical (unpaired) electrons. The summed E-state index contributed by atoms with van der Waals surface area (Å²) < 4.78 is 35.0. The SMILES string of the molecule is CC(C)(C)NC(=O)c1ccc(CN2CCN(C(=O)c3ccc(NC(=O)NC4CCC4)c(F)c3F)CC2)o1. The second kappa shape index (κ2) is 10.9. The second-order valence-corrected chi connectivity index (χ2v) is 10.6. The van der Waals surface area contributed by atoms with E-state index in [9.17, 15) is 23.2 Å². The Bertz CT molecular complexity index is 1160. The summed E-state index contributed by atoms with van der Waals surface area (Å²) in [5.74, 6) is -2.60. The molecule has 3 N–H and O–H groups in total. The molecule has 1 saturated carbocycles. The van der Waals surface area contributed by atoms with E-state index in [0.717, 1.165) is 19.3 Å². The van der Waals surface area contributed by atoms with Gasteiger partial charge in [0.25, 0.3) is 11.8 Å². The van der Waals surface area contributed by atoms with E-state index in [1.807, 2.05) is 20.8 Å². The van der Waals surface area contributed by atoms with Gasteiger partial charge in [0.1, 0.15) is 5.76 Å². The smallest absolute Gasteiger partial charge is 0.319 e. The average molecular weight is 518 g/mol. The average Bonchev–Trinajstić information content (AvgIpc) is 3.27. The van der Waals surface area contributed by atoms with Gasteiger partial charge in [0.2, 0.25) is 0 Å². The van der Waals surface area contributed by atoms with E-state index in [2.05, 4.69) is 20.9 Å². The lowest BCUT2D eigenvalue weighted by molar-refractivity contribution is 0.0612. The number of amides is 4. The number of urea groups is 1. The Morgan fingerprint density at radius 3 is 2.32 bits per heavy atom. The lowest BCUT2D eigenvalue weighted by atomic mass is 9.93. The third-order valence-electron chi connectivity index (χ3n) is 6.41. The van der Waals surface area contributed by atoms with Crippen LogP contribution >= 0.6 is 0 Å². The van der Waals surface area contributed by atoms with Crippen LogP contribution in [-0.4, -0.2) is 65.4 Å². The van der Waals surface area contributed by atoms with Crippen molar-refractivity contribution in [2.24, 2.45) is 0 Å². The van der Waals surface area contributed by atoms with E-state index in [4.69, 9.17) is 4.42 Å². The molecule has 2 aliphatic rings. The van der Waals surface area contributed by atoms with Gasteiger partial charge in [-0.25, -0.2) is 13.6 Å². The van der Waals surface area contributed by atoms with Gasteiger partial charge in [-0.2, -0.15) is 0 Å². The number of hydrogen-bond acceptors (Lipinski definition) is 5. The fraction of sp³-hybridized carbons (Fsp3) is 0.500. The van der Waals surface area contributed by atoms with E-state index >= 15 is 0 Å². The van der Waals surface area contributed by atoms with Crippen LogP contribution in [0.5, 0.6) is 0 Å². The summed E-state index contributed by atoms with van der Waals surface area (Å²) in [6.45, 7) is 7.76. The third-order valence-corrected chi connectivity index (χ3v) is 6.41. The van der Waals surface area contributed by atoms with E-state index in [-0.39, 0.29) is 34.5 Å². The standard InChI is InChI=1S/C26H33F2N5O4/c1-26(2,3)31-23(34)20-10-7-17(37-20)15-32-11-13-33(14-12-32)24(35)18-8-9-19(22(28)21(18)27)30-25(36)29-16-5-4-6-16/h7-10,16H,4-6,11-15H2,1-3H3,(H,31,34)(H2,29,30,36). The fourth-order valence-corrected chi connectivity index (χ4v) is 4.19. The first-order valence-corrected chi connectivity index (χ1v) is 12.5. The number of carbonyl (C=O) groups excluding carboxylic acids is 3. The van der Waals surface area contributed by atoms with Gasteiger partial charge in [-0.1, -0.05) is 0 Å². The Morgan fingerprint density at radius 2 is 1.70 bits per heavy atom. The molecule has 1 saturated heterocycles. The quantitative estimate of drug-likeness (QED) is 0.542. The summed E-state index contributed by atoms with van der Waals surface area (Å²) in [5, 5.41) is 7.85. The molecule has 1 aromatic heterocycles. The molecule has 1 aliphatic carbocycles. The predicted octanol–water partition coefficient (Wildman–Crippen LogP) is 3.72. The Balaban J connectivity index is 1.30. The number of halogens is 2. The molecule has 1 aliphatic heterocycles. The van der Waals surface area contributed by atoms with Gasteiger partial charge in [-0.05, 0) is 64.3 Å². The number of furan rings is 1. The maximum Gasteiger partial charge on any atom is 0.319 e.